The molecule has 0 spiro atoms. The van der Waals surface area contributed by atoms with Crippen molar-refractivity contribution in [2.45, 2.75) is 0 Å². The van der Waals surface area contributed by atoms with Crippen LogP contribution in [0.5, 0.6) is 0 Å². The molecule has 0 bridgehead atoms. The van der Waals surface area contributed by atoms with Gasteiger partial charge < -0.3 is 19.9 Å². The molecule has 0 saturated carbocycles. The fraction of sp³-hybridized carbons (Fsp3) is 0. The second-order valence-electron chi connectivity index (χ2n) is 6.09. The highest BCUT2D eigenvalue weighted by molar-refractivity contribution is 6.09. The summed E-state index contributed by atoms with van der Waals surface area (Å²) in [6.07, 6.45) is 1.27. The molecular weight excluding hydrogens is 388 g/mol. The number of carbonyl (C=O) groups excluding carboxylic acids is 1. The van der Waals surface area contributed by atoms with E-state index in [1.807, 2.05) is 0 Å². The van der Waals surface area contributed by atoms with Crippen LogP contribution in [0.4, 0.5) is 5.69 Å². The number of carboxylic acid groups (broad SMARTS) is 2. The van der Waals surface area contributed by atoms with E-state index in [-0.39, 0.29) is 22.5 Å². The Bertz CT molecular complexity index is 1180. The summed E-state index contributed by atoms with van der Waals surface area (Å²) in [6, 6.07) is 16.6. The normalized spacial score (nSPS) is 10.8. The van der Waals surface area contributed by atoms with Gasteiger partial charge in [-0.1, -0.05) is 12.1 Å². The van der Waals surface area contributed by atoms with Crippen LogP contribution in [0, 0.1) is 11.3 Å². The van der Waals surface area contributed by atoms with Crippen molar-refractivity contribution in [2.24, 2.45) is 0 Å². The molecule has 3 N–H and O–H groups in total. The molecule has 8 heteroatoms. The van der Waals surface area contributed by atoms with Gasteiger partial charge >= 0.3 is 11.9 Å². The molecule has 2 aromatic carbocycles. The summed E-state index contributed by atoms with van der Waals surface area (Å²) in [7, 11) is 0. The van der Waals surface area contributed by atoms with Gasteiger partial charge in [0.15, 0.2) is 0 Å². The average molecular weight is 402 g/mol. The van der Waals surface area contributed by atoms with Crippen LogP contribution in [-0.2, 0) is 4.79 Å². The van der Waals surface area contributed by atoms with E-state index >= 15 is 0 Å². The number of carboxylic acids is 2. The number of nitrogens with zero attached hydrogens (tertiary/aromatic N) is 1. The second kappa shape index (κ2) is 8.58. The first kappa shape index (κ1) is 20.1. The number of nitrogens with one attached hydrogen (secondary N) is 1. The minimum absolute atomic E-state index is 0.0727. The Hall–Kier alpha value is -4.64. The number of rotatable bonds is 6. The summed E-state index contributed by atoms with van der Waals surface area (Å²) in [5.41, 5.74) is 0.985. The van der Waals surface area contributed by atoms with E-state index in [0.717, 1.165) is 0 Å². The smallest absolute Gasteiger partial charge is 0.335 e. The SMILES string of the molecule is N#C/C(=C\c1ccc(-c2ccc(C(=O)O)cc2)o1)C(=O)Nc1ccc(C(=O)O)cc1. The lowest BCUT2D eigenvalue weighted by Gasteiger charge is -2.04. The lowest BCUT2D eigenvalue weighted by atomic mass is 10.1. The fourth-order valence-corrected chi connectivity index (χ4v) is 2.55. The Balaban J connectivity index is 1.75. The molecule has 0 aliphatic heterocycles. The van der Waals surface area contributed by atoms with Crippen molar-refractivity contribution in [3.05, 3.63) is 83.1 Å². The molecule has 8 nitrogen and oxygen atoms in total. The molecule has 0 saturated heterocycles. The zero-order valence-electron chi connectivity index (χ0n) is 15.3. The highest BCUT2D eigenvalue weighted by Gasteiger charge is 2.12. The van der Waals surface area contributed by atoms with Crippen molar-refractivity contribution in [1.82, 2.24) is 0 Å². The maximum absolute atomic E-state index is 12.3. The Morgan fingerprint density at radius 3 is 1.97 bits per heavy atom. The van der Waals surface area contributed by atoms with Gasteiger partial charge in [-0.25, -0.2) is 9.59 Å². The van der Waals surface area contributed by atoms with Crippen LogP contribution in [0.15, 0.2) is 70.7 Å². The van der Waals surface area contributed by atoms with E-state index in [2.05, 4.69) is 5.32 Å². The number of carbonyl (C=O) groups is 3. The Morgan fingerprint density at radius 2 is 1.43 bits per heavy atom. The van der Waals surface area contributed by atoms with Gasteiger partial charge in [0.25, 0.3) is 5.91 Å². The van der Waals surface area contributed by atoms with Gasteiger partial charge in [-0.2, -0.15) is 5.26 Å². The summed E-state index contributed by atoms with van der Waals surface area (Å²) < 4.78 is 5.62. The van der Waals surface area contributed by atoms with Crippen molar-refractivity contribution in [2.75, 3.05) is 5.32 Å². The first-order valence-electron chi connectivity index (χ1n) is 8.57. The minimum atomic E-state index is -1.09. The second-order valence-corrected chi connectivity index (χ2v) is 6.09. The first-order chi connectivity index (χ1) is 14.4. The summed E-state index contributed by atoms with van der Waals surface area (Å²) in [4.78, 5) is 34.1. The lowest BCUT2D eigenvalue weighted by Crippen LogP contribution is -2.13. The van der Waals surface area contributed by atoms with Crippen molar-refractivity contribution >= 4 is 29.6 Å². The average Bonchev–Trinajstić information content (AvgIpc) is 3.21. The molecule has 3 aromatic rings. The molecule has 1 amide bonds. The first-order valence-corrected chi connectivity index (χ1v) is 8.57. The van der Waals surface area contributed by atoms with E-state index in [4.69, 9.17) is 14.6 Å². The standard InChI is InChI=1S/C22H14N2O6/c23-12-16(20(25)24-17-7-5-15(6-8-17)22(28)29)11-18-9-10-19(30-18)13-1-3-14(4-2-13)21(26)27/h1-11H,(H,24,25)(H,26,27)(H,28,29)/b16-11+. The van der Waals surface area contributed by atoms with E-state index < -0.39 is 17.8 Å². The maximum Gasteiger partial charge on any atom is 0.335 e. The van der Waals surface area contributed by atoms with Gasteiger partial charge in [-0.3, -0.25) is 4.79 Å². The van der Waals surface area contributed by atoms with E-state index in [9.17, 15) is 19.6 Å². The molecule has 0 unspecified atom stereocenters. The van der Waals surface area contributed by atoms with E-state index in [0.29, 0.717) is 17.0 Å². The van der Waals surface area contributed by atoms with Crippen LogP contribution in [-0.4, -0.2) is 28.1 Å². The molecule has 0 atom stereocenters. The zero-order chi connectivity index (χ0) is 21.7. The molecule has 0 aliphatic rings. The van der Waals surface area contributed by atoms with Gasteiger partial charge in [-0.05, 0) is 48.5 Å². The predicted octanol–water partition coefficient (Wildman–Crippen LogP) is 3.89. The molecule has 0 aliphatic carbocycles. The third-order valence-corrected chi connectivity index (χ3v) is 4.08. The fourth-order valence-electron chi connectivity index (χ4n) is 2.55. The minimum Gasteiger partial charge on any atom is -0.478 e. The molecular formula is C22H14N2O6. The van der Waals surface area contributed by atoms with Crippen LogP contribution in [0.2, 0.25) is 0 Å². The number of hydrogen-bond donors (Lipinski definition) is 3. The van der Waals surface area contributed by atoms with Gasteiger partial charge in [0.05, 0.1) is 11.1 Å². The maximum atomic E-state index is 12.3. The third kappa shape index (κ3) is 4.61. The lowest BCUT2D eigenvalue weighted by molar-refractivity contribution is -0.112. The highest BCUT2D eigenvalue weighted by Crippen LogP contribution is 2.24. The quantitative estimate of drug-likeness (QED) is 0.419. The number of hydrogen-bond acceptors (Lipinski definition) is 5. The number of aromatic carboxylic acids is 2. The number of anilines is 1. The molecule has 0 radical (unpaired) electrons. The van der Waals surface area contributed by atoms with Crippen molar-refractivity contribution < 1.29 is 29.0 Å². The van der Waals surface area contributed by atoms with Crippen LogP contribution in [0.3, 0.4) is 0 Å². The molecule has 30 heavy (non-hydrogen) atoms. The summed E-state index contributed by atoms with van der Waals surface area (Å²) in [5.74, 6) is -2.09. The highest BCUT2D eigenvalue weighted by atomic mass is 16.4. The third-order valence-electron chi connectivity index (χ3n) is 4.08. The van der Waals surface area contributed by atoms with Crippen LogP contribution >= 0.6 is 0 Å². The van der Waals surface area contributed by atoms with E-state index in [1.54, 1.807) is 30.3 Å². The molecule has 148 valence electrons. The van der Waals surface area contributed by atoms with Gasteiger partial charge in [-0.15, -0.1) is 0 Å². The van der Waals surface area contributed by atoms with Crippen LogP contribution < -0.4 is 5.32 Å². The zero-order valence-corrected chi connectivity index (χ0v) is 15.3. The van der Waals surface area contributed by atoms with Gasteiger partial charge in [0.2, 0.25) is 0 Å². The Kier molecular flexibility index (Phi) is 5.75. The molecule has 1 heterocycles. The molecule has 0 fully saturated rings. The number of nitriles is 1. The molecule has 3 rings (SSSR count). The Labute approximate surface area is 170 Å². The van der Waals surface area contributed by atoms with Crippen molar-refractivity contribution in [3.63, 3.8) is 0 Å². The summed E-state index contributed by atoms with van der Waals surface area (Å²) in [6.45, 7) is 0. The largest absolute Gasteiger partial charge is 0.478 e. The number of benzene rings is 2. The van der Waals surface area contributed by atoms with Crippen LogP contribution in [0.25, 0.3) is 17.4 Å². The van der Waals surface area contributed by atoms with E-state index in [1.165, 1.54) is 42.5 Å². The summed E-state index contributed by atoms with van der Waals surface area (Å²) >= 11 is 0. The Morgan fingerprint density at radius 1 is 0.867 bits per heavy atom. The van der Waals surface area contributed by atoms with Crippen LogP contribution in [0.1, 0.15) is 26.5 Å². The van der Waals surface area contributed by atoms with Crippen molar-refractivity contribution in [1.29, 1.82) is 5.26 Å². The number of furan rings is 1. The topological polar surface area (TPSA) is 141 Å². The van der Waals surface area contributed by atoms with Gasteiger partial charge in [0, 0.05) is 17.3 Å². The monoisotopic (exact) mass is 402 g/mol. The predicted molar refractivity (Wildman–Crippen MR) is 107 cm³/mol. The molecule has 1 aromatic heterocycles. The summed E-state index contributed by atoms with van der Waals surface area (Å²) in [5, 5.41) is 29.7. The van der Waals surface area contributed by atoms with Gasteiger partial charge in [0.1, 0.15) is 23.2 Å². The van der Waals surface area contributed by atoms with Crippen molar-refractivity contribution in [3.8, 4) is 17.4 Å². The number of amides is 1.